The highest BCUT2D eigenvalue weighted by Gasteiger charge is 2.27. The predicted octanol–water partition coefficient (Wildman–Crippen LogP) is 1.63. The van der Waals surface area contributed by atoms with Crippen molar-refractivity contribution >= 4 is 5.96 Å². The molecule has 1 aliphatic carbocycles. The molecule has 0 aromatic carbocycles. The minimum Gasteiger partial charge on any atom is -0.472 e. The summed E-state index contributed by atoms with van der Waals surface area (Å²) in [4.78, 5) is 10.1. The highest BCUT2D eigenvalue weighted by Crippen LogP contribution is 2.25. The summed E-state index contributed by atoms with van der Waals surface area (Å²) in [6.07, 6.45) is 1.29. The Morgan fingerprint density at radius 2 is 2.35 bits per heavy atom. The molecule has 0 radical (unpaired) electrons. The van der Waals surface area contributed by atoms with Crippen LogP contribution in [0.4, 0.5) is 8.78 Å². The fraction of sp³-hybridized carbons (Fsp3) is 0.538. The first-order valence-electron chi connectivity index (χ1n) is 6.45. The zero-order chi connectivity index (χ0) is 14.5. The van der Waals surface area contributed by atoms with E-state index in [-0.39, 0.29) is 5.88 Å². The van der Waals surface area contributed by atoms with Gasteiger partial charge in [-0.05, 0) is 24.5 Å². The molecule has 0 amide bonds. The maximum absolute atomic E-state index is 12.0. The number of aliphatic imine (C=N–C) groups is 1. The SMILES string of the molecule is CN(C(N)=NCc1ccnc(OCC(F)F)c1)C1CC1. The van der Waals surface area contributed by atoms with Crippen molar-refractivity contribution < 1.29 is 13.5 Å². The number of halogens is 2. The van der Waals surface area contributed by atoms with Crippen LogP contribution in [-0.4, -0.2) is 42.0 Å². The Labute approximate surface area is 116 Å². The zero-order valence-corrected chi connectivity index (χ0v) is 11.3. The van der Waals surface area contributed by atoms with Crippen LogP contribution >= 0.6 is 0 Å². The van der Waals surface area contributed by atoms with Crippen LogP contribution in [0.15, 0.2) is 23.3 Å². The van der Waals surface area contributed by atoms with E-state index in [1.165, 1.54) is 6.20 Å². The average molecular weight is 284 g/mol. The number of nitrogens with two attached hydrogens (primary N) is 1. The molecule has 20 heavy (non-hydrogen) atoms. The second kappa shape index (κ2) is 6.49. The number of nitrogens with zero attached hydrogens (tertiary/aromatic N) is 3. The van der Waals surface area contributed by atoms with Gasteiger partial charge in [0.25, 0.3) is 6.43 Å². The van der Waals surface area contributed by atoms with Gasteiger partial charge in [0.2, 0.25) is 5.88 Å². The van der Waals surface area contributed by atoms with Gasteiger partial charge in [-0.25, -0.2) is 18.8 Å². The highest BCUT2D eigenvalue weighted by molar-refractivity contribution is 5.78. The fourth-order valence-electron chi connectivity index (χ4n) is 1.71. The van der Waals surface area contributed by atoms with Crippen molar-refractivity contribution in [2.45, 2.75) is 31.9 Å². The Morgan fingerprint density at radius 1 is 1.60 bits per heavy atom. The van der Waals surface area contributed by atoms with Crippen molar-refractivity contribution in [1.29, 1.82) is 0 Å². The molecule has 0 spiro atoms. The molecule has 0 saturated heterocycles. The molecule has 1 aromatic heterocycles. The lowest BCUT2D eigenvalue weighted by molar-refractivity contribution is 0.0795. The van der Waals surface area contributed by atoms with Gasteiger partial charge in [0.05, 0.1) is 6.54 Å². The van der Waals surface area contributed by atoms with Crippen LogP contribution in [0.25, 0.3) is 0 Å². The molecule has 1 fully saturated rings. The smallest absolute Gasteiger partial charge is 0.272 e. The van der Waals surface area contributed by atoms with E-state index in [9.17, 15) is 8.78 Å². The monoisotopic (exact) mass is 284 g/mol. The van der Waals surface area contributed by atoms with Crippen LogP contribution in [0.2, 0.25) is 0 Å². The summed E-state index contributed by atoms with van der Waals surface area (Å²) in [7, 11) is 1.92. The number of aromatic nitrogens is 1. The van der Waals surface area contributed by atoms with E-state index in [4.69, 9.17) is 10.5 Å². The van der Waals surface area contributed by atoms with E-state index >= 15 is 0 Å². The van der Waals surface area contributed by atoms with E-state index in [2.05, 4.69) is 9.98 Å². The molecular weight excluding hydrogens is 266 g/mol. The number of pyridine rings is 1. The molecule has 7 heteroatoms. The second-order valence-corrected chi connectivity index (χ2v) is 4.72. The van der Waals surface area contributed by atoms with Crippen molar-refractivity contribution in [3.63, 3.8) is 0 Å². The molecule has 2 N–H and O–H groups in total. The Bertz CT molecular complexity index is 477. The first-order valence-corrected chi connectivity index (χ1v) is 6.45. The summed E-state index contributed by atoms with van der Waals surface area (Å²) < 4.78 is 29.0. The number of guanidine groups is 1. The summed E-state index contributed by atoms with van der Waals surface area (Å²) in [6.45, 7) is -0.289. The van der Waals surface area contributed by atoms with Crippen LogP contribution < -0.4 is 10.5 Å². The number of hydrogen-bond acceptors (Lipinski definition) is 3. The van der Waals surface area contributed by atoms with E-state index in [1.54, 1.807) is 12.1 Å². The van der Waals surface area contributed by atoms with E-state index in [0.29, 0.717) is 18.5 Å². The molecule has 1 heterocycles. The largest absolute Gasteiger partial charge is 0.472 e. The van der Waals surface area contributed by atoms with Crippen molar-refractivity contribution in [3.05, 3.63) is 23.9 Å². The summed E-state index contributed by atoms with van der Waals surface area (Å²) in [6, 6.07) is 3.85. The van der Waals surface area contributed by atoms with Gasteiger partial charge >= 0.3 is 0 Å². The van der Waals surface area contributed by atoms with Crippen LogP contribution in [-0.2, 0) is 6.54 Å². The normalized spacial score (nSPS) is 15.5. The van der Waals surface area contributed by atoms with Gasteiger partial charge in [-0.1, -0.05) is 0 Å². The third-order valence-electron chi connectivity index (χ3n) is 3.04. The van der Waals surface area contributed by atoms with Gasteiger partial charge in [-0.2, -0.15) is 0 Å². The van der Waals surface area contributed by atoms with Crippen LogP contribution in [0.1, 0.15) is 18.4 Å². The van der Waals surface area contributed by atoms with E-state index in [0.717, 1.165) is 18.4 Å². The molecule has 0 aliphatic heterocycles. The van der Waals surface area contributed by atoms with Crippen molar-refractivity contribution in [2.24, 2.45) is 10.7 Å². The zero-order valence-electron chi connectivity index (χ0n) is 11.3. The molecular formula is C13H18F2N4O. The molecule has 0 atom stereocenters. The first-order chi connectivity index (χ1) is 9.56. The fourth-order valence-corrected chi connectivity index (χ4v) is 1.71. The Morgan fingerprint density at radius 3 is 3.00 bits per heavy atom. The minimum absolute atomic E-state index is 0.173. The molecule has 1 aliphatic rings. The van der Waals surface area contributed by atoms with Crippen molar-refractivity contribution in [1.82, 2.24) is 9.88 Å². The minimum atomic E-state index is -2.51. The van der Waals surface area contributed by atoms with Gasteiger partial charge in [0.15, 0.2) is 12.6 Å². The maximum atomic E-state index is 12.0. The molecule has 1 saturated carbocycles. The average Bonchev–Trinajstić information content (AvgIpc) is 3.26. The lowest BCUT2D eigenvalue weighted by Gasteiger charge is -2.16. The molecule has 2 rings (SSSR count). The highest BCUT2D eigenvalue weighted by atomic mass is 19.3. The summed E-state index contributed by atoms with van der Waals surface area (Å²) >= 11 is 0. The number of ether oxygens (including phenoxy) is 1. The van der Waals surface area contributed by atoms with Crippen molar-refractivity contribution in [2.75, 3.05) is 13.7 Å². The standard InChI is InChI=1S/C13H18F2N4O/c1-19(10-2-3-10)13(16)18-7-9-4-5-17-12(6-9)20-8-11(14)15/h4-6,10-11H,2-3,7-8H2,1H3,(H2,16,18). The third kappa shape index (κ3) is 4.32. The number of hydrogen-bond donors (Lipinski definition) is 1. The summed E-state index contributed by atoms with van der Waals surface area (Å²) in [5.41, 5.74) is 6.69. The molecule has 0 unspecified atom stereocenters. The number of alkyl halides is 2. The quantitative estimate of drug-likeness (QED) is 0.637. The Kier molecular flexibility index (Phi) is 4.70. The number of rotatable bonds is 6. The van der Waals surface area contributed by atoms with Gasteiger partial charge in [-0.15, -0.1) is 0 Å². The van der Waals surface area contributed by atoms with Crippen LogP contribution in [0.5, 0.6) is 5.88 Å². The summed E-state index contributed by atoms with van der Waals surface area (Å²) in [5, 5.41) is 0. The van der Waals surface area contributed by atoms with Gasteiger partial charge < -0.3 is 15.4 Å². The molecule has 5 nitrogen and oxygen atoms in total. The van der Waals surface area contributed by atoms with Gasteiger partial charge in [0.1, 0.15) is 0 Å². The lowest BCUT2D eigenvalue weighted by Crippen LogP contribution is -2.35. The Balaban J connectivity index is 1.91. The van der Waals surface area contributed by atoms with E-state index < -0.39 is 13.0 Å². The molecule has 1 aromatic rings. The molecule has 0 bridgehead atoms. The van der Waals surface area contributed by atoms with E-state index in [1.807, 2.05) is 11.9 Å². The molecule has 110 valence electrons. The third-order valence-corrected chi connectivity index (χ3v) is 3.04. The second-order valence-electron chi connectivity index (χ2n) is 4.72. The van der Waals surface area contributed by atoms with Crippen LogP contribution in [0.3, 0.4) is 0 Å². The maximum Gasteiger partial charge on any atom is 0.272 e. The van der Waals surface area contributed by atoms with Crippen molar-refractivity contribution in [3.8, 4) is 5.88 Å². The van der Waals surface area contributed by atoms with Crippen LogP contribution in [0, 0.1) is 0 Å². The summed E-state index contributed by atoms with van der Waals surface area (Å²) in [5.74, 6) is 0.659. The first kappa shape index (κ1) is 14.5. The predicted molar refractivity (Wildman–Crippen MR) is 71.8 cm³/mol. The lowest BCUT2D eigenvalue weighted by atomic mass is 10.3. The topological polar surface area (TPSA) is 63.7 Å². The Hall–Kier alpha value is -1.92. The van der Waals surface area contributed by atoms with Gasteiger partial charge in [0, 0.05) is 25.4 Å². The van der Waals surface area contributed by atoms with Gasteiger partial charge in [-0.3, -0.25) is 0 Å².